The first-order valence-electron chi connectivity index (χ1n) is 12.1. The van der Waals surface area contributed by atoms with Gasteiger partial charge in [0.25, 0.3) is 5.91 Å². The maximum Gasteiger partial charge on any atom is 0.255 e. The van der Waals surface area contributed by atoms with Crippen molar-refractivity contribution < 1.29 is 17.9 Å². The molecule has 0 aliphatic carbocycles. The Morgan fingerprint density at radius 3 is 2.51 bits per heavy atom. The molecule has 0 spiro atoms. The molecule has 1 amide bonds. The summed E-state index contributed by atoms with van der Waals surface area (Å²) in [5.74, 6) is 1.13. The van der Waals surface area contributed by atoms with Crippen LogP contribution in [-0.2, 0) is 21.3 Å². The molecule has 0 radical (unpaired) electrons. The van der Waals surface area contributed by atoms with Crippen LogP contribution in [0.4, 0.5) is 5.69 Å². The molecule has 2 fully saturated rings. The number of morpholine rings is 1. The molecule has 2 N–H and O–H groups in total. The van der Waals surface area contributed by atoms with Gasteiger partial charge in [-0.15, -0.1) is 0 Å². The lowest BCUT2D eigenvalue weighted by Crippen LogP contribution is -2.37. The van der Waals surface area contributed by atoms with Gasteiger partial charge in [-0.2, -0.15) is 4.31 Å². The highest BCUT2D eigenvalue weighted by Gasteiger charge is 2.28. The van der Waals surface area contributed by atoms with Crippen molar-refractivity contribution in [1.82, 2.24) is 19.2 Å². The summed E-state index contributed by atoms with van der Waals surface area (Å²) in [6.45, 7) is 7.19. The Balaban J connectivity index is 1.24. The van der Waals surface area contributed by atoms with Crippen LogP contribution >= 0.6 is 0 Å². The van der Waals surface area contributed by atoms with Gasteiger partial charge in [0.15, 0.2) is 0 Å². The molecule has 1 aromatic heterocycles. The summed E-state index contributed by atoms with van der Waals surface area (Å²) in [4.78, 5) is 23.3. The van der Waals surface area contributed by atoms with Gasteiger partial charge in [0.1, 0.15) is 5.82 Å². The van der Waals surface area contributed by atoms with E-state index in [4.69, 9.17) is 4.74 Å². The lowest BCUT2D eigenvalue weighted by atomic mass is 10.0. The van der Waals surface area contributed by atoms with Crippen LogP contribution in [0.1, 0.15) is 35.9 Å². The fourth-order valence-electron chi connectivity index (χ4n) is 4.54. The minimum absolute atomic E-state index is 0.218. The van der Waals surface area contributed by atoms with Crippen LogP contribution in [0.15, 0.2) is 47.4 Å². The van der Waals surface area contributed by atoms with E-state index in [1.807, 2.05) is 18.2 Å². The molecule has 35 heavy (non-hydrogen) atoms. The monoisotopic (exact) mass is 497 g/mol. The van der Waals surface area contributed by atoms with Crippen LogP contribution in [-0.4, -0.2) is 72.9 Å². The Morgan fingerprint density at radius 1 is 1.09 bits per heavy atom. The van der Waals surface area contributed by atoms with E-state index in [1.165, 1.54) is 16.4 Å². The minimum atomic E-state index is -3.54. The number of benzene rings is 2. The van der Waals surface area contributed by atoms with E-state index in [-0.39, 0.29) is 10.8 Å². The number of aromatic amines is 1. The van der Waals surface area contributed by atoms with Crippen molar-refractivity contribution in [1.29, 1.82) is 0 Å². The topological polar surface area (TPSA) is 108 Å². The van der Waals surface area contributed by atoms with E-state index in [9.17, 15) is 13.2 Å². The molecule has 2 aliphatic rings. The lowest BCUT2D eigenvalue weighted by Gasteiger charge is -2.29. The Kier molecular flexibility index (Phi) is 6.88. The fourth-order valence-corrected chi connectivity index (χ4v) is 6.01. The summed E-state index contributed by atoms with van der Waals surface area (Å²) < 4.78 is 32.8. The van der Waals surface area contributed by atoms with E-state index < -0.39 is 10.0 Å². The molecule has 5 rings (SSSR count). The third kappa shape index (κ3) is 5.40. The van der Waals surface area contributed by atoms with Crippen molar-refractivity contribution in [2.75, 3.05) is 44.7 Å². The highest BCUT2D eigenvalue weighted by atomic mass is 32.2. The van der Waals surface area contributed by atoms with Crippen molar-refractivity contribution in [3.05, 3.63) is 53.9 Å². The first kappa shape index (κ1) is 23.9. The van der Waals surface area contributed by atoms with Crippen molar-refractivity contribution in [2.45, 2.75) is 31.2 Å². The number of aromatic nitrogens is 2. The third-order valence-corrected chi connectivity index (χ3v) is 8.68. The van der Waals surface area contributed by atoms with E-state index in [0.29, 0.717) is 30.3 Å². The Bertz CT molecular complexity index is 1290. The molecule has 3 heterocycles. The number of carbonyl (C=O) groups is 1. The van der Waals surface area contributed by atoms with Gasteiger partial charge in [0.05, 0.1) is 35.7 Å². The van der Waals surface area contributed by atoms with Gasteiger partial charge in [0.2, 0.25) is 10.0 Å². The quantitative estimate of drug-likeness (QED) is 0.542. The second-order valence-corrected chi connectivity index (χ2v) is 11.3. The number of nitrogens with zero attached hydrogens (tertiary/aromatic N) is 3. The standard InChI is InChI=1S/C25H31N5O4S/c1-18-8-10-30(11-9-18)35(32,33)21-5-2-19(3-6-21)25(31)26-20-4-7-22-23(16-20)28-24(27-22)17-29-12-14-34-15-13-29/h2-7,16,18H,8-15,17H2,1H3,(H,26,31)(H,27,28). The number of ether oxygens (including phenoxy) is 1. The first-order chi connectivity index (χ1) is 16.9. The van der Waals surface area contributed by atoms with Crippen molar-refractivity contribution in [2.24, 2.45) is 5.92 Å². The van der Waals surface area contributed by atoms with E-state index in [0.717, 1.165) is 62.5 Å². The van der Waals surface area contributed by atoms with Gasteiger partial charge in [-0.3, -0.25) is 9.69 Å². The average molecular weight is 498 g/mol. The van der Waals surface area contributed by atoms with Crippen molar-refractivity contribution in [3.63, 3.8) is 0 Å². The van der Waals surface area contributed by atoms with E-state index in [1.54, 1.807) is 12.1 Å². The molecule has 10 heteroatoms. The number of rotatable bonds is 6. The average Bonchev–Trinajstić information content (AvgIpc) is 3.26. The number of carbonyl (C=O) groups excluding carboxylic acids is 1. The molecule has 0 saturated carbocycles. The number of fused-ring (bicyclic) bond motifs is 1. The Hall–Kier alpha value is -2.79. The van der Waals surface area contributed by atoms with Crippen LogP contribution < -0.4 is 5.32 Å². The van der Waals surface area contributed by atoms with Crippen LogP contribution in [0.25, 0.3) is 11.0 Å². The Labute approximate surface area is 205 Å². The van der Waals surface area contributed by atoms with Gasteiger partial charge < -0.3 is 15.0 Å². The predicted molar refractivity (Wildman–Crippen MR) is 134 cm³/mol. The number of imidazole rings is 1. The lowest BCUT2D eigenvalue weighted by molar-refractivity contribution is 0.0332. The fraction of sp³-hybridized carbons (Fsp3) is 0.440. The number of hydrogen-bond acceptors (Lipinski definition) is 6. The highest BCUT2D eigenvalue weighted by Crippen LogP contribution is 2.24. The second-order valence-electron chi connectivity index (χ2n) is 9.37. The van der Waals surface area contributed by atoms with Crippen molar-refractivity contribution >= 4 is 32.7 Å². The Morgan fingerprint density at radius 2 is 1.80 bits per heavy atom. The molecule has 0 bridgehead atoms. The molecule has 3 aromatic rings. The molecule has 2 aliphatic heterocycles. The van der Waals surface area contributed by atoms with Gasteiger partial charge in [-0.1, -0.05) is 6.92 Å². The smallest absolute Gasteiger partial charge is 0.255 e. The first-order valence-corrected chi connectivity index (χ1v) is 13.5. The van der Waals surface area contributed by atoms with Gasteiger partial charge >= 0.3 is 0 Å². The molecule has 2 aromatic carbocycles. The molecule has 0 atom stereocenters. The van der Waals surface area contributed by atoms with Crippen LogP contribution in [0.5, 0.6) is 0 Å². The number of sulfonamides is 1. The second kappa shape index (κ2) is 10.1. The molecule has 2 saturated heterocycles. The molecular weight excluding hydrogens is 466 g/mol. The van der Waals surface area contributed by atoms with Gasteiger partial charge in [0, 0.05) is 37.4 Å². The maximum absolute atomic E-state index is 12.9. The largest absolute Gasteiger partial charge is 0.379 e. The summed E-state index contributed by atoms with van der Waals surface area (Å²) in [5.41, 5.74) is 2.73. The number of nitrogens with one attached hydrogen (secondary N) is 2. The molecule has 0 unspecified atom stereocenters. The zero-order valence-corrected chi connectivity index (χ0v) is 20.7. The normalized spacial score (nSPS) is 18.7. The zero-order valence-electron chi connectivity index (χ0n) is 19.9. The molecule has 9 nitrogen and oxygen atoms in total. The molecule has 186 valence electrons. The van der Waals surface area contributed by atoms with Gasteiger partial charge in [-0.05, 0) is 61.2 Å². The summed E-state index contributed by atoms with van der Waals surface area (Å²) in [7, 11) is -3.54. The van der Waals surface area contributed by atoms with E-state index in [2.05, 4.69) is 27.1 Å². The number of hydrogen-bond donors (Lipinski definition) is 2. The predicted octanol–water partition coefficient (Wildman–Crippen LogP) is 3.07. The summed E-state index contributed by atoms with van der Waals surface area (Å²) in [5, 5.41) is 2.89. The summed E-state index contributed by atoms with van der Waals surface area (Å²) in [6.07, 6.45) is 1.74. The maximum atomic E-state index is 12.9. The SMILES string of the molecule is CC1CCN(S(=O)(=O)c2ccc(C(=O)Nc3ccc4nc(CN5CCOCC5)[nH]c4c3)cc2)CC1. The van der Waals surface area contributed by atoms with Crippen LogP contribution in [0.3, 0.4) is 0 Å². The van der Waals surface area contributed by atoms with E-state index >= 15 is 0 Å². The zero-order chi connectivity index (χ0) is 24.4. The number of amides is 1. The minimum Gasteiger partial charge on any atom is -0.379 e. The van der Waals surface area contributed by atoms with Crippen LogP contribution in [0, 0.1) is 5.92 Å². The number of piperidine rings is 1. The highest BCUT2D eigenvalue weighted by molar-refractivity contribution is 7.89. The number of anilines is 1. The van der Waals surface area contributed by atoms with Gasteiger partial charge in [-0.25, -0.2) is 13.4 Å². The molecular formula is C25H31N5O4S. The van der Waals surface area contributed by atoms with Crippen LogP contribution in [0.2, 0.25) is 0 Å². The third-order valence-electron chi connectivity index (χ3n) is 6.76. The number of H-pyrrole nitrogens is 1. The summed E-state index contributed by atoms with van der Waals surface area (Å²) in [6, 6.07) is 11.7. The van der Waals surface area contributed by atoms with Crippen molar-refractivity contribution in [3.8, 4) is 0 Å². The summed E-state index contributed by atoms with van der Waals surface area (Å²) >= 11 is 0.